The number of amides is 4. The van der Waals surface area contributed by atoms with E-state index in [1.165, 1.54) is 23.3 Å². The second kappa shape index (κ2) is 10.6. The van der Waals surface area contributed by atoms with E-state index >= 15 is 0 Å². The van der Waals surface area contributed by atoms with Gasteiger partial charge >= 0.3 is 6.03 Å². The first-order valence-electron chi connectivity index (χ1n) is 14.9. The molecule has 2 N–H and O–H groups in total. The Hall–Kier alpha value is -4.65. The standard InChI is InChI=1S/C35H34N4O3/c1-22-15-17-24(18-16-22)32-31-27(25-11-5-7-13-28(25)37-31)21-30-34(41)39(35(42)38(30)32)29-14-8-6-12-26(29)33(40)36-20-19-23-9-3-2-4-10-23/h5-9,11-18,30,32,37H,2-4,10,19-21H2,1H3,(H,36,40)/t30-,32+/m0/s1. The van der Waals surface area contributed by atoms with Crippen LogP contribution >= 0.6 is 0 Å². The summed E-state index contributed by atoms with van der Waals surface area (Å²) in [5.74, 6) is -0.584. The van der Waals surface area contributed by atoms with E-state index in [1.54, 1.807) is 29.2 Å². The van der Waals surface area contributed by atoms with E-state index in [9.17, 15) is 14.4 Å². The van der Waals surface area contributed by atoms with E-state index in [1.807, 2.05) is 49.4 Å². The summed E-state index contributed by atoms with van der Waals surface area (Å²) in [5.41, 5.74) is 7.07. The number of benzene rings is 3. The minimum atomic E-state index is -0.676. The van der Waals surface area contributed by atoms with Crippen molar-refractivity contribution in [1.82, 2.24) is 15.2 Å². The number of rotatable bonds is 6. The van der Waals surface area contributed by atoms with Crippen LogP contribution in [0.5, 0.6) is 0 Å². The molecule has 42 heavy (non-hydrogen) atoms. The second-order valence-electron chi connectivity index (χ2n) is 11.6. The van der Waals surface area contributed by atoms with Gasteiger partial charge in [0.2, 0.25) is 0 Å². The molecule has 1 aliphatic carbocycles. The molecule has 0 radical (unpaired) electrons. The van der Waals surface area contributed by atoms with E-state index in [2.05, 4.69) is 22.4 Å². The summed E-state index contributed by atoms with van der Waals surface area (Å²) in [6, 6.07) is 21.6. The smallest absolute Gasteiger partial charge is 0.332 e. The number of nitrogens with zero attached hydrogens (tertiary/aromatic N) is 2. The molecular formula is C35H34N4O3. The molecule has 1 fully saturated rings. The van der Waals surface area contributed by atoms with Gasteiger partial charge in [0.15, 0.2) is 0 Å². The molecule has 2 aliphatic heterocycles. The maximum absolute atomic E-state index is 14.3. The molecule has 2 atom stereocenters. The molecule has 3 aromatic carbocycles. The summed E-state index contributed by atoms with van der Waals surface area (Å²) in [4.78, 5) is 48.3. The van der Waals surface area contributed by atoms with Crippen molar-refractivity contribution in [3.63, 3.8) is 0 Å². The molecule has 7 heteroatoms. The summed E-state index contributed by atoms with van der Waals surface area (Å²) < 4.78 is 0. The van der Waals surface area contributed by atoms with Gasteiger partial charge in [0.25, 0.3) is 11.8 Å². The fraction of sp³-hybridized carbons (Fsp3) is 0.286. The van der Waals surface area contributed by atoms with Crippen LogP contribution in [0.3, 0.4) is 0 Å². The number of carbonyl (C=O) groups is 3. The zero-order chi connectivity index (χ0) is 28.8. The Bertz CT molecular complexity index is 1730. The van der Waals surface area contributed by atoms with Gasteiger partial charge in [-0.15, -0.1) is 0 Å². The number of hydrogen-bond acceptors (Lipinski definition) is 3. The van der Waals surface area contributed by atoms with Crippen LogP contribution in [-0.2, 0) is 11.2 Å². The van der Waals surface area contributed by atoms with Crippen LogP contribution in [-0.4, -0.2) is 40.3 Å². The zero-order valence-corrected chi connectivity index (χ0v) is 23.7. The lowest BCUT2D eigenvalue weighted by Crippen LogP contribution is -2.44. The predicted molar refractivity (Wildman–Crippen MR) is 163 cm³/mol. The van der Waals surface area contributed by atoms with Crippen molar-refractivity contribution < 1.29 is 14.4 Å². The average molecular weight is 559 g/mol. The molecule has 1 saturated heterocycles. The van der Waals surface area contributed by atoms with Gasteiger partial charge in [0, 0.05) is 29.6 Å². The number of carbonyl (C=O) groups excluding carboxylic acids is 3. The highest BCUT2D eigenvalue weighted by Crippen LogP contribution is 2.45. The monoisotopic (exact) mass is 558 g/mol. The number of urea groups is 1. The number of anilines is 1. The van der Waals surface area contributed by atoms with Gasteiger partial charge in [-0.25, -0.2) is 9.69 Å². The number of nitrogens with one attached hydrogen (secondary N) is 2. The topological polar surface area (TPSA) is 85.5 Å². The maximum atomic E-state index is 14.3. The van der Waals surface area contributed by atoms with Crippen molar-refractivity contribution in [3.05, 3.63) is 112 Å². The minimum Gasteiger partial charge on any atom is -0.356 e. The van der Waals surface area contributed by atoms with Crippen LogP contribution in [0.1, 0.15) is 70.9 Å². The molecule has 0 saturated carbocycles. The van der Waals surface area contributed by atoms with E-state index < -0.39 is 18.1 Å². The number of aryl methyl sites for hydroxylation is 1. The largest absolute Gasteiger partial charge is 0.356 e. The van der Waals surface area contributed by atoms with Gasteiger partial charge in [-0.05, 0) is 68.4 Å². The number of hydrogen-bond donors (Lipinski definition) is 2. The van der Waals surface area contributed by atoms with Crippen LogP contribution in [0, 0.1) is 6.92 Å². The van der Waals surface area contributed by atoms with E-state index in [4.69, 9.17) is 0 Å². The number of allylic oxidation sites excluding steroid dienone is 1. The second-order valence-corrected chi connectivity index (χ2v) is 11.6. The molecular weight excluding hydrogens is 524 g/mol. The first-order chi connectivity index (χ1) is 20.5. The lowest BCUT2D eigenvalue weighted by molar-refractivity contribution is -0.120. The minimum absolute atomic E-state index is 0.279. The first-order valence-corrected chi connectivity index (χ1v) is 14.9. The van der Waals surface area contributed by atoms with Crippen molar-refractivity contribution in [2.75, 3.05) is 11.4 Å². The van der Waals surface area contributed by atoms with Crippen LogP contribution in [0.2, 0.25) is 0 Å². The normalized spacial score (nSPS) is 20.0. The fourth-order valence-electron chi connectivity index (χ4n) is 6.82. The summed E-state index contributed by atoms with van der Waals surface area (Å²) >= 11 is 0. The van der Waals surface area contributed by atoms with Crippen LogP contribution in [0.15, 0.2) is 84.4 Å². The van der Waals surface area contributed by atoms with Crippen LogP contribution in [0.25, 0.3) is 10.9 Å². The Morgan fingerprint density at radius 3 is 2.57 bits per heavy atom. The van der Waals surface area contributed by atoms with Gasteiger partial charge in [0.1, 0.15) is 12.1 Å². The highest BCUT2D eigenvalue weighted by Gasteiger charge is 2.53. The molecule has 4 amide bonds. The molecule has 0 bridgehead atoms. The van der Waals surface area contributed by atoms with Crippen molar-refractivity contribution in [2.45, 2.75) is 57.5 Å². The molecule has 1 aromatic heterocycles. The summed E-state index contributed by atoms with van der Waals surface area (Å²) in [6.07, 6.45) is 8.12. The molecule has 7 nitrogen and oxygen atoms in total. The summed E-state index contributed by atoms with van der Waals surface area (Å²) in [7, 11) is 0. The third-order valence-electron chi connectivity index (χ3n) is 8.95. The van der Waals surface area contributed by atoms with Crippen molar-refractivity contribution >= 4 is 34.4 Å². The third kappa shape index (κ3) is 4.40. The molecule has 3 aliphatic rings. The molecule has 0 spiro atoms. The zero-order valence-electron chi connectivity index (χ0n) is 23.7. The summed E-state index contributed by atoms with van der Waals surface area (Å²) in [6.45, 7) is 2.55. The van der Waals surface area contributed by atoms with Crippen LogP contribution in [0.4, 0.5) is 10.5 Å². The van der Waals surface area contributed by atoms with Gasteiger partial charge < -0.3 is 10.3 Å². The third-order valence-corrected chi connectivity index (χ3v) is 8.95. The maximum Gasteiger partial charge on any atom is 0.332 e. The Kier molecular flexibility index (Phi) is 6.65. The van der Waals surface area contributed by atoms with E-state index in [0.717, 1.165) is 52.5 Å². The lowest BCUT2D eigenvalue weighted by atomic mass is 9.88. The van der Waals surface area contributed by atoms with E-state index in [0.29, 0.717) is 24.2 Å². The quantitative estimate of drug-likeness (QED) is 0.207. The van der Waals surface area contributed by atoms with Crippen LogP contribution < -0.4 is 10.2 Å². The molecule has 212 valence electrons. The number of H-pyrrole nitrogens is 1. The Morgan fingerprint density at radius 2 is 1.76 bits per heavy atom. The van der Waals surface area contributed by atoms with Gasteiger partial charge in [-0.2, -0.15) is 0 Å². The average Bonchev–Trinajstić information content (AvgIpc) is 3.51. The molecule has 0 unspecified atom stereocenters. The number of imide groups is 1. The Labute approximate surface area is 245 Å². The van der Waals surface area contributed by atoms with Gasteiger partial charge in [-0.3, -0.25) is 14.5 Å². The Balaban J connectivity index is 1.24. The fourth-order valence-corrected chi connectivity index (χ4v) is 6.82. The molecule has 4 aromatic rings. The SMILES string of the molecule is Cc1ccc([C@@H]2c3[nH]c4ccccc4c3C[C@H]3C(=O)N(c4ccccc4C(=O)NCCC4=CCCCC4)C(=O)N23)cc1. The predicted octanol–water partition coefficient (Wildman–Crippen LogP) is 6.58. The lowest BCUT2D eigenvalue weighted by Gasteiger charge is -2.36. The first kappa shape index (κ1) is 26.3. The van der Waals surface area contributed by atoms with E-state index in [-0.39, 0.29) is 11.8 Å². The van der Waals surface area contributed by atoms with Gasteiger partial charge in [-0.1, -0.05) is 71.8 Å². The Morgan fingerprint density at radius 1 is 0.976 bits per heavy atom. The van der Waals surface area contributed by atoms with Crippen molar-refractivity contribution in [2.24, 2.45) is 0 Å². The number of fused-ring (bicyclic) bond motifs is 4. The number of aromatic amines is 1. The molecule has 7 rings (SSSR count). The summed E-state index contributed by atoms with van der Waals surface area (Å²) in [5, 5.41) is 4.09. The van der Waals surface area contributed by atoms with Crippen molar-refractivity contribution in [3.8, 4) is 0 Å². The van der Waals surface area contributed by atoms with Crippen molar-refractivity contribution in [1.29, 1.82) is 0 Å². The molecule has 3 heterocycles. The number of para-hydroxylation sites is 2. The highest BCUT2D eigenvalue weighted by molar-refractivity contribution is 6.24. The number of aromatic nitrogens is 1. The van der Waals surface area contributed by atoms with Gasteiger partial charge in [0.05, 0.1) is 11.3 Å². The highest BCUT2D eigenvalue weighted by atomic mass is 16.2.